The fraction of sp³-hybridized carbons (Fsp3) is 0.583. The van der Waals surface area contributed by atoms with E-state index in [1.54, 1.807) is 7.05 Å². The molecule has 0 aromatic heterocycles. The molecule has 0 fully saturated rings. The second kappa shape index (κ2) is 10.1. The predicted molar refractivity (Wildman–Crippen MR) is 70.6 cm³/mol. The molecule has 0 radical (unpaired) electrons. The molecular formula is C12H21N3O4. The van der Waals surface area contributed by atoms with Crippen molar-refractivity contribution in [3.63, 3.8) is 0 Å². The molecule has 0 spiro atoms. The van der Waals surface area contributed by atoms with Crippen molar-refractivity contribution in [2.45, 2.75) is 12.8 Å². The summed E-state index contributed by atoms with van der Waals surface area (Å²) in [6.07, 6.45) is 0.937. The standard InChI is InChI=1S/C12H21N3O4/c1-3-10(16)14-7-9-15(8-6-13-2)11(17)4-5-12(18)19/h3,13H,1,4-9H2,2H3,(H,14,16)(H,18,19). The van der Waals surface area contributed by atoms with Gasteiger partial charge >= 0.3 is 5.97 Å². The maximum atomic E-state index is 11.8. The third-order valence-electron chi connectivity index (χ3n) is 2.40. The molecule has 19 heavy (non-hydrogen) atoms. The fourth-order valence-corrected chi connectivity index (χ4v) is 1.37. The van der Waals surface area contributed by atoms with Crippen LogP contribution in [0.1, 0.15) is 12.8 Å². The first-order chi connectivity index (χ1) is 9.01. The van der Waals surface area contributed by atoms with E-state index in [-0.39, 0.29) is 24.7 Å². The van der Waals surface area contributed by atoms with Gasteiger partial charge in [-0.3, -0.25) is 14.4 Å². The van der Waals surface area contributed by atoms with Crippen LogP contribution in [0, 0.1) is 0 Å². The van der Waals surface area contributed by atoms with Crippen LogP contribution in [-0.4, -0.2) is 61.0 Å². The first-order valence-electron chi connectivity index (χ1n) is 6.05. The molecule has 7 heteroatoms. The minimum atomic E-state index is -0.998. The summed E-state index contributed by atoms with van der Waals surface area (Å²) in [4.78, 5) is 34.7. The van der Waals surface area contributed by atoms with E-state index < -0.39 is 5.97 Å². The normalized spacial score (nSPS) is 9.74. The smallest absolute Gasteiger partial charge is 0.303 e. The first-order valence-corrected chi connectivity index (χ1v) is 6.05. The molecule has 0 aliphatic carbocycles. The van der Waals surface area contributed by atoms with Crippen molar-refractivity contribution in [1.82, 2.24) is 15.5 Å². The Labute approximate surface area is 112 Å². The molecular weight excluding hydrogens is 250 g/mol. The van der Waals surface area contributed by atoms with Gasteiger partial charge in [-0.2, -0.15) is 0 Å². The van der Waals surface area contributed by atoms with Crippen molar-refractivity contribution in [1.29, 1.82) is 0 Å². The molecule has 108 valence electrons. The molecule has 0 aromatic rings. The van der Waals surface area contributed by atoms with Gasteiger partial charge in [0.2, 0.25) is 11.8 Å². The van der Waals surface area contributed by atoms with Crippen LogP contribution < -0.4 is 10.6 Å². The van der Waals surface area contributed by atoms with E-state index >= 15 is 0 Å². The number of amides is 2. The molecule has 2 amide bonds. The lowest BCUT2D eigenvalue weighted by Gasteiger charge is -2.22. The Morgan fingerprint density at radius 1 is 1.21 bits per heavy atom. The van der Waals surface area contributed by atoms with E-state index in [2.05, 4.69) is 17.2 Å². The van der Waals surface area contributed by atoms with Gasteiger partial charge in [0.25, 0.3) is 0 Å². The van der Waals surface area contributed by atoms with Gasteiger partial charge in [-0.1, -0.05) is 6.58 Å². The summed E-state index contributed by atoms with van der Waals surface area (Å²) in [5.74, 6) is -1.53. The van der Waals surface area contributed by atoms with Crippen LogP contribution in [0.2, 0.25) is 0 Å². The molecule has 0 aliphatic rings. The Kier molecular flexibility index (Phi) is 9.07. The molecule has 0 saturated heterocycles. The molecule has 0 bridgehead atoms. The highest BCUT2D eigenvalue weighted by atomic mass is 16.4. The van der Waals surface area contributed by atoms with Crippen molar-refractivity contribution < 1.29 is 19.5 Å². The number of hydrogen-bond acceptors (Lipinski definition) is 4. The Hall–Kier alpha value is -1.89. The Balaban J connectivity index is 4.19. The summed E-state index contributed by atoms with van der Waals surface area (Å²) in [6.45, 7) is 5.06. The number of carboxylic acid groups (broad SMARTS) is 1. The summed E-state index contributed by atoms with van der Waals surface area (Å²) < 4.78 is 0. The van der Waals surface area contributed by atoms with E-state index in [1.165, 1.54) is 4.90 Å². The lowest BCUT2D eigenvalue weighted by atomic mass is 10.2. The van der Waals surface area contributed by atoms with Gasteiger partial charge in [0, 0.05) is 32.6 Å². The minimum Gasteiger partial charge on any atom is -0.481 e. The van der Waals surface area contributed by atoms with E-state index in [4.69, 9.17) is 5.11 Å². The summed E-state index contributed by atoms with van der Waals surface area (Å²) in [7, 11) is 1.76. The molecule has 0 heterocycles. The van der Waals surface area contributed by atoms with Crippen LogP contribution in [0.5, 0.6) is 0 Å². The average molecular weight is 271 g/mol. The van der Waals surface area contributed by atoms with Gasteiger partial charge in [-0.15, -0.1) is 0 Å². The van der Waals surface area contributed by atoms with Crippen molar-refractivity contribution >= 4 is 17.8 Å². The van der Waals surface area contributed by atoms with Gasteiger partial charge < -0.3 is 20.6 Å². The number of aliphatic carboxylic acids is 1. The topological polar surface area (TPSA) is 98.7 Å². The van der Waals surface area contributed by atoms with Crippen LogP contribution in [0.4, 0.5) is 0 Å². The van der Waals surface area contributed by atoms with Gasteiger partial charge in [0.15, 0.2) is 0 Å². The lowest BCUT2D eigenvalue weighted by Crippen LogP contribution is -2.41. The van der Waals surface area contributed by atoms with Crippen LogP contribution in [0.15, 0.2) is 12.7 Å². The summed E-state index contributed by atoms with van der Waals surface area (Å²) in [6, 6.07) is 0. The highest BCUT2D eigenvalue weighted by molar-refractivity contribution is 5.86. The number of carbonyl (C=O) groups is 3. The van der Waals surface area contributed by atoms with E-state index in [9.17, 15) is 14.4 Å². The summed E-state index contributed by atoms with van der Waals surface area (Å²) in [5.41, 5.74) is 0. The second-order valence-corrected chi connectivity index (χ2v) is 3.87. The minimum absolute atomic E-state index is 0.0333. The zero-order valence-electron chi connectivity index (χ0n) is 11.1. The van der Waals surface area contributed by atoms with Crippen molar-refractivity contribution in [3.8, 4) is 0 Å². The highest BCUT2D eigenvalue weighted by Gasteiger charge is 2.14. The third-order valence-corrected chi connectivity index (χ3v) is 2.40. The van der Waals surface area contributed by atoms with E-state index in [1.807, 2.05) is 0 Å². The number of carbonyl (C=O) groups excluding carboxylic acids is 2. The summed E-state index contributed by atoms with van der Waals surface area (Å²) in [5, 5.41) is 14.0. The largest absolute Gasteiger partial charge is 0.481 e. The van der Waals surface area contributed by atoms with Gasteiger partial charge in [0.05, 0.1) is 6.42 Å². The van der Waals surface area contributed by atoms with Gasteiger partial charge in [0.1, 0.15) is 0 Å². The Morgan fingerprint density at radius 3 is 2.37 bits per heavy atom. The van der Waals surface area contributed by atoms with E-state index in [0.717, 1.165) is 6.08 Å². The summed E-state index contributed by atoms with van der Waals surface area (Å²) >= 11 is 0. The van der Waals surface area contributed by atoms with Gasteiger partial charge in [-0.05, 0) is 13.1 Å². The zero-order chi connectivity index (χ0) is 14.7. The SMILES string of the molecule is C=CC(=O)NCCN(CCNC)C(=O)CCC(=O)O. The monoisotopic (exact) mass is 271 g/mol. The van der Waals surface area contributed by atoms with Crippen molar-refractivity contribution in [3.05, 3.63) is 12.7 Å². The van der Waals surface area contributed by atoms with E-state index in [0.29, 0.717) is 26.2 Å². The van der Waals surface area contributed by atoms with Crippen LogP contribution >= 0.6 is 0 Å². The maximum absolute atomic E-state index is 11.8. The number of carboxylic acids is 1. The quantitative estimate of drug-likeness (QED) is 0.452. The molecule has 0 aliphatic heterocycles. The molecule has 0 unspecified atom stereocenters. The first kappa shape index (κ1) is 17.1. The zero-order valence-corrected chi connectivity index (χ0v) is 11.1. The average Bonchev–Trinajstić information content (AvgIpc) is 2.39. The Bertz CT molecular complexity index is 331. The van der Waals surface area contributed by atoms with Crippen LogP contribution in [0.25, 0.3) is 0 Å². The van der Waals surface area contributed by atoms with Crippen molar-refractivity contribution in [2.24, 2.45) is 0 Å². The predicted octanol–water partition coefficient (Wildman–Crippen LogP) is -0.799. The van der Waals surface area contributed by atoms with Crippen LogP contribution in [0.3, 0.4) is 0 Å². The number of nitrogens with one attached hydrogen (secondary N) is 2. The molecule has 3 N–H and O–H groups in total. The number of rotatable bonds is 10. The fourth-order valence-electron chi connectivity index (χ4n) is 1.37. The maximum Gasteiger partial charge on any atom is 0.303 e. The Morgan fingerprint density at radius 2 is 1.84 bits per heavy atom. The molecule has 0 aromatic carbocycles. The second-order valence-electron chi connectivity index (χ2n) is 3.87. The lowest BCUT2D eigenvalue weighted by molar-refractivity contribution is -0.140. The number of hydrogen-bond donors (Lipinski definition) is 3. The molecule has 0 atom stereocenters. The molecule has 0 rings (SSSR count). The number of nitrogens with zero attached hydrogens (tertiary/aromatic N) is 1. The third kappa shape index (κ3) is 8.78. The molecule has 0 saturated carbocycles. The van der Waals surface area contributed by atoms with Gasteiger partial charge in [-0.25, -0.2) is 0 Å². The van der Waals surface area contributed by atoms with Crippen LogP contribution in [-0.2, 0) is 14.4 Å². The number of likely N-dealkylation sites (N-methyl/N-ethyl adjacent to an activating group) is 1. The molecule has 7 nitrogen and oxygen atoms in total. The highest BCUT2D eigenvalue weighted by Crippen LogP contribution is 1.97. The van der Waals surface area contributed by atoms with Crippen molar-refractivity contribution in [2.75, 3.05) is 33.2 Å².